The quantitative estimate of drug-likeness (QED) is 0.788. The highest BCUT2D eigenvalue weighted by atomic mass is 79.9. The van der Waals surface area contributed by atoms with Crippen molar-refractivity contribution in [3.05, 3.63) is 22.8 Å². The van der Waals surface area contributed by atoms with Gasteiger partial charge in [0.1, 0.15) is 5.82 Å². The van der Waals surface area contributed by atoms with E-state index in [-0.39, 0.29) is 17.7 Å². The van der Waals surface area contributed by atoms with Gasteiger partial charge in [-0.05, 0) is 60.4 Å². The van der Waals surface area contributed by atoms with Gasteiger partial charge in [0.25, 0.3) is 0 Å². The van der Waals surface area contributed by atoms with Crippen LogP contribution in [-0.2, 0) is 9.59 Å². The van der Waals surface area contributed by atoms with Crippen LogP contribution >= 0.6 is 15.9 Å². The van der Waals surface area contributed by atoms with Gasteiger partial charge in [0, 0.05) is 23.1 Å². The van der Waals surface area contributed by atoms with Gasteiger partial charge in [-0.2, -0.15) is 0 Å². The van der Waals surface area contributed by atoms with Crippen LogP contribution in [0.1, 0.15) is 26.2 Å². The van der Waals surface area contributed by atoms with E-state index in [1.165, 1.54) is 0 Å². The van der Waals surface area contributed by atoms with Gasteiger partial charge in [0.05, 0.1) is 6.54 Å². The summed E-state index contributed by atoms with van der Waals surface area (Å²) in [7, 11) is 0. The number of halogens is 1. The summed E-state index contributed by atoms with van der Waals surface area (Å²) in [6.45, 7) is 4.71. The van der Waals surface area contributed by atoms with Crippen LogP contribution in [0.4, 0.5) is 5.82 Å². The Kier molecular flexibility index (Phi) is 6.98. The first-order chi connectivity index (χ1) is 11.1. The topological polar surface area (TPSA) is 74.3 Å². The fourth-order valence-electron chi connectivity index (χ4n) is 2.55. The molecule has 0 aromatic carbocycles. The second-order valence-electron chi connectivity index (χ2n) is 5.75. The highest BCUT2D eigenvalue weighted by molar-refractivity contribution is 9.10. The number of pyridine rings is 1. The number of nitrogens with one attached hydrogen (secondary N) is 2. The molecule has 1 aromatic heterocycles. The number of nitrogens with zero attached hydrogens (tertiary/aromatic N) is 2. The molecular formula is C16H23BrN4O2. The minimum atomic E-state index is -0.0181. The van der Waals surface area contributed by atoms with Crippen molar-refractivity contribution in [1.82, 2.24) is 15.2 Å². The molecule has 0 radical (unpaired) electrons. The van der Waals surface area contributed by atoms with Crippen molar-refractivity contribution >= 4 is 33.6 Å². The average molecular weight is 383 g/mol. The first-order valence-electron chi connectivity index (χ1n) is 8.00. The molecule has 1 aliphatic rings. The summed E-state index contributed by atoms with van der Waals surface area (Å²) in [5.74, 6) is 0.624. The van der Waals surface area contributed by atoms with E-state index in [9.17, 15) is 9.59 Å². The van der Waals surface area contributed by atoms with E-state index in [0.29, 0.717) is 12.4 Å². The third kappa shape index (κ3) is 5.91. The zero-order valence-electron chi connectivity index (χ0n) is 13.3. The van der Waals surface area contributed by atoms with E-state index >= 15 is 0 Å². The summed E-state index contributed by atoms with van der Waals surface area (Å²) in [5, 5.41) is 5.73. The number of hydrogen-bond donors (Lipinski definition) is 2. The second-order valence-corrected chi connectivity index (χ2v) is 6.67. The predicted molar refractivity (Wildman–Crippen MR) is 93.0 cm³/mol. The molecule has 1 saturated heterocycles. The Morgan fingerprint density at radius 1 is 1.35 bits per heavy atom. The summed E-state index contributed by atoms with van der Waals surface area (Å²) in [6, 6.07) is 3.62. The molecule has 1 aliphatic heterocycles. The standard InChI is InChI=1S/C16H23BrN4O2/c1-2-7-18-15(22)11-21-8-5-12(6-9-21)16(23)20-14-4-3-13(17)10-19-14/h3-4,10,12H,2,5-9,11H2,1H3,(H,18,22)(H,19,20,23). The van der Waals surface area contributed by atoms with Gasteiger partial charge in [-0.25, -0.2) is 4.98 Å². The minimum Gasteiger partial charge on any atom is -0.355 e. The fraction of sp³-hybridized carbons (Fsp3) is 0.562. The number of carbonyl (C=O) groups is 2. The van der Waals surface area contributed by atoms with Gasteiger partial charge in [0.2, 0.25) is 11.8 Å². The van der Waals surface area contributed by atoms with Crippen LogP contribution in [0.5, 0.6) is 0 Å². The summed E-state index contributed by atoms with van der Waals surface area (Å²) in [5.41, 5.74) is 0. The molecule has 0 atom stereocenters. The normalized spacial score (nSPS) is 16.1. The molecule has 6 nitrogen and oxygen atoms in total. The number of amides is 2. The summed E-state index contributed by atoms with van der Waals surface area (Å²) >= 11 is 3.32. The number of piperidine rings is 1. The zero-order chi connectivity index (χ0) is 16.7. The van der Waals surface area contributed by atoms with Gasteiger partial charge in [-0.3, -0.25) is 14.5 Å². The highest BCUT2D eigenvalue weighted by Gasteiger charge is 2.26. The van der Waals surface area contributed by atoms with Crippen molar-refractivity contribution in [2.24, 2.45) is 5.92 Å². The summed E-state index contributed by atoms with van der Waals surface area (Å²) in [6.07, 6.45) is 4.14. The zero-order valence-corrected chi connectivity index (χ0v) is 14.9. The van der Waals surface area contributed by atoms with Crippen LogP contribution in [0.25, 0.3) is 0 Å². The van der Waals surface area contributed by atoms with Gasteiger partial charge >= 0.3 is 0 Å². The SMILES string of the molecule is CCCNC(=O)CN1CCC(C(=O)Nc2ccc(Br)cn2)CC1. The molecule has 0 bridgehead atoms. The van der Waals surface area contributed by atoms with Crippen molar-refractivity contribution in [1.29, 1.82) is 0 Å². The molecule has 2 N–H and O–H groups in total. The van der Waals surface area contributed by atoms with Gasteiger partial charge in [-0.15, -0.1) is 0 Å². The van der Waals surface area contributed by atoms with E-state index in [4.69, 9.17) is 0 Å². The number of anilines is 1. The predicted octanol–water partition coefficient (Wildman–Crippen LogP) is 2.02. The number of hydrogen-bond acceptors (Lipinski definition) is 4. The Labute approximate surface area is 145 Å². The van der Waals surface area contributed by atoms with Gasteiger partial charge < -0.3 is 10.6 Å². The number of likely N-dealkylation sites (tertiary alicyclic amines) is 1. The third-order valence-corrected chi connectivity index (χ3v) is 4.35. The summed E-state index contributed by atoms with van der Waals surface area (Å²) in [4.78, 5) is 30.2. The number of rotatable bonds is 6. The lowest BCUT2D eigenvalue weighted by Gasteiger charge is -2.30. The van der Waals surface area contributed by atoms with Crippen LogP contribution in [0.3, 0.4) is 0 Å². The largest absolute Gasteiger partial charge is 0.355 e. The Hall–Kier alpha value is -1.47. The maximum absolute atomic E-state index is 12.3. The molecule has 23 heavy (non-hydrogen) atoms. The molecule has 1 aromatic rings. The molecule has 2 rings (SSSR count). The molecule has 2 amide bonds. The molecule has 0 unspecified atom stereocenters. The van der Waals surface area contributed by atoms with E-state index in [0.717, 1.165) is 43.4 Å². The van der Waals surface area contributed by atoms with Crippen molar-refractivity contribution in [3.8, 4) is 0 Å². The average Bonchev–Trinajstić information content (AvgIpc) is 2.55. The van der Waals surface area contributed by atoms with Crippen LogP contribution in [0.15, 0.2) is 22.8 Å². The van der Waals surface area contributed by atoms with E-state index in [1.54, 1.807) is 12.3 Å². The van der Waals surface area contributed by atoms with Crippen molar-refractivity contribution in [3.63, 3.8) is 0 Å². The fourth-order valence-corrected chi connectivity index (χ4v) is 2.79. The van der Waals surface area contributed by atoms with E-state index < -0.39 is 0 Å². The first kappa shape index (κ1) is 17.9. The lowest BCUT2D eigenvalue weighted by atomic mass is 9.96. The lowest BCUT2D eigenvalue weighted by molar-refractivity contribution is -0.123. The molecule has 7 heteroatoms. The molecule has 1 fully saturated rings. The van der Waals surface area contributed by atoms with Crippen LogP contribution in [0.2, 0.25) is 0 Å². The van der Waals surface area contributed by atoms with E-state index in [1.807, 2.05) is 13.0 Å². The summed E-state index contributed by atoms with van der Waals surface area (Å²) < 4.78 is 0.880. The lowest BCUT2D eigenvalue weighted by Crippen LogP contribution is -2.43. The Morgan fingerprint density at radius 2 is 2.09 bits per heavy atom. The molecule has 0 saturated carbocycles. The maximum atomic E-state index is 12.3. The van der Waals surface area contributed by atoms with Crippen molar-refractivity contribution in [2.45, 2.75) is 26.2 Å². The highest BCUT2D eigenvalue weighted by Crippen LogP contribution is 2.19. The van der Waals surface area contributed by atoms with Crippen LogP contribution in [0, 0.1) is 5.92 Å². The van der Waals surface area contributed by atoms with Gasteiger partial charge in [0.15, 0.2) is 0 Å². The smallest absolute Gasteiger partial charge is 0.234 e. The number of aromatic nitrogens is 1. The molecule has 2 heterocycles. The molecule has 0 aliphatic carbocycles. The van der Waals surface area contributed by atoms with Crippen LogP contribution < -0.4 is 10.6 Å². The van der Waals surface area contributed by atoms with Crippen LogP contribution in [-0.4, -0.2) is 47.9 Å². The van der Waals surface area contributed by atoms with Gasteiger partial charge in [-0.1, -0.05) is 6.92 Å². The van der Waals surface area contributed by atoms with Crippen molar-refractivity contribution < 1.29 is 9.59 Å². The molecule has 126 valence electrons. The monoisotopic (exact) mass is 382 g/mol. The maximum Gasteiger partial charge on any atom is 0.234 e. The Balaban J connectivity index is 1.74. The van der Waals surface area contributed by atoms with Crippen molar-refractivity contribution in [2.75, 3.05) is 31.5 Å². The first-order valence-corrected chi connectivity index (χ1v) is 8.79. The second kappa shape index (κ2) is 8.98. The Bertz CT molecular complexity index is 527. The molecule has 0 spiro atoms. The number of carbonyl (C=O) groups excluding carboxylic acids is 2. The molecular weight excluding hydrogens is 360 g/mol. The third-order valence-electron chi connectivity index (χ3n) is 3.88. The minimum absolute atomic E-state index is 0.00917. The van der Waals surface area contributed by atoms with E-state index in [2.05, 4.69) is 36.4 Å². The Morgan fingerprint density at radius 3 is 2.70 bits per heavy atom.